The van der Waals surface area contributed by atoms with Gasteiger partial charge in [0.25, 0.3) is 0 Å². The van der Waals surface area contributed by atoms with Gasteiger partial charge in [0.15, 0.2) is 0 Å². The van der Waals surface area contributed by atoms with Crippen LogP contribution in [0.4, 0.5) is 0 Å². The molecule has 5 N–H and O–H groups in total. The molecule has 1 aliphatic carbocycles. The lowest BCUT2D eigenvalue weighted by molar-refractivity contribution is 0.296. The lowest BCUT2D eigenvalue weighted by Crippen LogP contribution is -2.32. The van der Waals surface area contributed by atoms with Gasteiger partial charge in [0.2, 0.25) is 0 Å². The topological polar surface area (TPSA) is 101 Å². The molecule has 5 heteroatoms. The van der Waals surface area contributed by atoms with E-state index in [2.05, 4.69) is 0 Å². The van der Waals surface area contributed by atoms with Gasteiger partial charge >= 0.3 is 0 Å². The third-order valence-corrected chi connectivity index (χ3v) is 6.20. The Bertz CT molecular complexity index is 964. The SMILES string of the molecule is Oc1ccc(C2CCC(c3ccc(O)cc3O)(c3ccc(O)cc3O)CC2)cc1. The number of benzene rings is 3. The first-order chi connectivity index (χ1) is 13.9. The van der Waals surface area contributed by atoms with Crippen molar-refractivity contribution in [2.24, 2.45) is 0 Å². The summed E-state index contributed by atoms with van der Waals surface area (Å²) in [4.78, 5) is 0. The zero-order valence-corrected chi connectivity index (χ0v) is 15.9. The fourth-order valence-corrected chi connectivity index (χ4v) is 4.72. The van der Waals surface area contributed by atoms with Gasteiger partial charge in [-0.3, -0.25) is 0 Å². The summed E-state index contributed by atoms with van der Waals surface area (Å²) in [6.45, 7) is 0. The van der Waals surface area contributed by atoms with E-state index in [9.17, 15) is 25.5 Å². The van der Waals surface area contributed by atoms with E-state index in [0.717, 1.165) is 18.4 Å². The molecule has 0 unspecified atom stereocenters. The van der Waals surface area contributed by atoms with Crippen LogP contribution in [-0.2, 0) is 5.41 Å². The van der Waals surface area contributed by atoms with E-state index in [0.29, 0.717) is 29.9 Å². The van der Waals surface area contributed by atoms with Gasteiger partial charge < -0.3 is 25.5 Å². The summed E-state index contributed by atoms with van der Waals surface area (Å²) < 4.78 is 0. The highest BCUT2D eigenvalue weighted by molar-refractivity contribution is 5.54. The van der Waals surface area contributed by atoms with E-state index in [4.69, 9.17) is 0 Å². The highest BCUT2D eigenvalue weighted by Crippen LogP contribution is 2.53. The predicted octanol–water partition coefficient (Wildman–Crippen LogP) is 4.86. The third-order valence-electron chi connectivity index (χ3n) is 6.20. The predicted molar refractivity (Wildman–Crippen MR) is 110 cm³/mol. The van der Waals surface area contributed by atoms with Crippen LogP contribution >= 0.6 is 0 Å². The molecule has 1 aliphatic rings. The molecule has 0 spiro atoms. The van der Waals surface area contributed by atoms with Crippen molar-refractivity contribution >= 4 is 0 Å². The molecule has 150 valence electrons. The van der Waals surface area contributed by atoms with E-state index >= 15 is 0 Å². The first-order valence-corrected chi connectivity index (χ1v) is 9.73. The Morgan fingerprint density at radius 3 is 1.48 bits per heavy atom. The van der Waals surface area contributed by atoms with E-state index < -0.39 is 5.41 Å². The lowest BCUT2D eigenvalue weighted by Gasteiger charge is -2.42. The summed E-state index contributed by atoms with van der Waals surface area (Å²) in [6, 6.07) is 16.4. The van der Waals surface area contributed by atoms with Gasteiger partial charge in [0.05, 0.1) is 0 Å². The number of phenolic OH excluding ortho intramolecular Hbond substituents is 5. The number of aromatic hydroxyl groups is 5. The largest absolute Gasteiger partial charge is 0.508 e. The summed E-state index contributed by atoms with van der Waals surface area (Å²) >= 11 is 0. The summed E-state index contributed by atoms with van der Waals surface area (Å²) in [7, 11) is 0. The highest BCUT2D eigenvalue weighted by Gasteiger charge is 2.42. The Morgan fingerprint density at radius 1 is 0.586 bits per heavy atom. The molecule has 1 fully saturated rings. The molecule has 5 nitrogen and oxygen atoms in total. The summed E-state index contributed by atoms with van der Waals surface area (Å²) in [5, 5.41) is 50.2. The molecule has 0 aliphatic heterocycles. The second-order valence-corrected chi connectivity index (χ2v) is 7.85. The normalized spacial score (nSPS) is 16.6. The maximum atomic E-state index is 10.6. The van der Waals surface area contributed by atoms with Crippen molar-refractivity contribution in [3.63, 3.8) is 0 Å². The van der Waals surface area contributed by atoms with Crippen LogP contribution in [-0.4, -0.2) is 25.5 Å². The van der Waals surface area contributed by atoms with Crippen LogP contribution in [0.2, 0.25) is 0 Å². The first kappa shape index (κ1) is 19.0. The quantitative estimate of drug-likeness (QED) is 0.438. The van der Waals surface area contributed by atoms with Gasteiger partial charge in [-0.05, 0) is 61.4 Å². The number of hydrogen-bond donors (Lipinski definition) is 5. The minimum atomic E-state index is -0.636. The lowest BCUT2D eigenvalue weighted by atomic mass is 9.62. The van der Waals surface area contributed by atoms with E-state index in [1.807, 2.05) is 12.1 Å². The number of rotatable bonds is 3. The van der Waals surface area contributed by atoms with Crippen molar-refractivity contribution in [3.8, 4) is 28.7 Å². The Labute approximate surface area is 169 Å². The minimum Gasteiger partial charge on any atom is -0.508 e. The molecular weight excluding hydrogens is 368 g/mol. The van der Waals surface area contributed by atoms with Crippen LogP contribution in [0.25, 0.3) is 0 Å². The molecule has 0 radical (unpaired) electrons. The molecule has 29 heavy (non-hydrogen) atoms. The fraction of sp³-hybridized carbons (Fsp3) is 0.250. The second kappa shape index (κ2) is 7.24. The van der Waals surface area contributed by atoms with Gasteiger partial charge in [-0.15, -0.1) is 0 Å². The zero-order valence-electron chi connectivity index (χ0n) is 15.9. The van der Waals surface area contributed by atoms with Crippen molar-refractivity contribution in [2.45, 2.75) is 37.0 Å². The average molecular weight is 392 g/mol. The highest BCUT2D eigenvalue weighted by atomic mass is 16.3. The Balaban J connectivity index is 1.75. The van der Waals surface area contributed by atoms with E-state index in [-0.39, 0.29) is 28.7 Å². The summed E-state index contributed by atoms with van der Waals surface area (Å²) in [6.07, 6.45) is 3.00. The molecular formula is C24H24O5. The Kier molecular flexibility index (Phi) is 4.74. The van der Waals surface area contributed by atoms with Gasteiger partial charge in [-0.2, -0.15) is 0 Å². The third kappa shape index (κ3) is 3.44. The monoisotopic (exact) mass is 392 g/mol. The molecule has 1 saturated carbocycles. The van der Waals surface area contributed by atoms with Crippen molar-refractivity contribution in [1.29, 1.82) is 0 Å². The summed E-state index contributed by atoms with van der Waals surface area (Å²) in [5.74, 6) is 0.480. The van der Waals surface area contributed by atoms with Crippen molar-refractivity contribution in [3.05, 3.63) is 77.4 Å². The number of hydrogen-bond acceptors (Lipinski definition) is 5. The van der Waals surface area contributed by atoms with Crippen LogP contribution < -0.4 is 0 Å². The molecule has 0 bridgehead atoms. The smallest absolute Gasteiger partial charge is 0.123 e. The van der Waals surface area contributed by atoms with Gasteiger partial charge in [-0.1, -0.05) is 24.3 Å². The molecule has 0 aromatic heterocycles. The Hall–Kier alpha value is -3.34. The van der Waals surface area contributed by atoms with Gasteiger partial charge in [0, 0.05) is 28.7 Å². The van der Waals surface area contributed by atoms with Crippen LogP contribution in [0.1, 0.15) is 48.3 Å². The first-order valence-electron chi connectivity index (χ1n) is 9.73. The second-order valence-electron chi connectivity index (χ2n) is 7.85. The molecule has 0 saturated heterocycles. The minimum absolute atomic E-state index is 0.0134. The van der Waals surface area contributed by atoms with Gasteiger partial charge in [-0.25, -0.2) is 0 Å². The van der Waals surface area contributed by atoms with Crippen molar-refractivity contribution in [2.75, 3.05) is 0 Å². The standard InChI is InChI=1S/C24H24O5/c25-17-3-1-15(2-4-17)16-9-11-24(12-10-16,20-7-5-18(26)13-22(20)28)21-8-6-19(27)14-23(21)29/h1-8,13-14,16,25-29H,9-12H2. The zero-order chi connectivity index (χ0) is 20.6. The average Bonchev–Trinajstić information content (AvgIpc) is 2.69. The van der Waals surface area contributed by atoms with Crippen LogP contribution in [0.15, 0.2) is 60.7 Å². The van der Waals surface area contributed by atoms with Crippen LogP contribution in [0.3, 0.4) is 0 Å². The van der Waals surface area contributed by atoms with E-state index in [1.165, 1.54) is 12.1 Å². The molecule has 0 atom stereocenters. The Morgan fingerprint density at radius 2 is 1.03 bits per heavy atom. The molecule has 3 aromatic carbocycles. The molecule has 3 aromatic rings. The maximum absolute atomic E-state index is 10.6. The van der Waals surface area contributed by atoms with Crippen LogP contribution in [0, 0.1) is 0 Å². The fourth-order valence-electron chi connectivity index (χ4n) is 4.72. The number of phenols is 5. The molecule has 0 amide bonds. The molecule has 4 rings (SSSR count). The van der Waals surface area contributed by atoms with Gasteiger partial charge in [0.1, 0.15) is 28.7 Å². The van der Waals surface area contributed by atoms with Crippen molar-refractivity contribution in [1.82, 2.24) is 0 Å². The summed E-state index contributed by atoms with van der Waals surface area (Å²) in [5.41, 5.74) is 1.82. The van der Waals surface area contributed by atoms with Crippen LogP contribution in [0.5, 0.6) is 28.7 Å². The van der Waals surface area contributed by atoms with E-state index in [1.54, 1.807) is 36.4 Å². The molecule has 0 heterocycles. The maximum Gasteiger partial charge on any atom is 0.123 e. The van der Waals surface area contributed by atoms with Crippen molar-refractivity contribution < 1.29 is 25.5 Å².